The normalized spacial score (nSPS) is 10.6. The van der Waals surface area contributed by atoms with Gasteiger partial charge in [0.25, 0.3) is 0 Å². The third-order valence-electron chi connectivity index (χ3n) is 3.00. The maximum atomic E-state index is 5.99. The molecule has 0 aliphatic heterocycles. The minimum atomic E-state index is 0.699. The van der Waals surface area contributed by atoms with E-state index in [9.17, 15) is 0 Å². The Bertz CT molecular complexity index is 599. The number of nitrogens with zero attached hydrogens (tertiary/aromatic N) is 1. The van der Waals surface area contributed by atoms with Crippen molar-refractivity contribution in [2.24, 2.45) is 0 Å². The lowest BCUT2D eigenvalue weighted by Crippen LogP contribution is -2.14. The molecule has 0 amide bonds. The number of pyridine rings is 1. The van der Waals surface area contributed by atoms with Crippen LogP contribution in [0.25, 0.3) is 0 Å². The molecule has 0 aliphatic rings. The molecular weight excluding hydrogens is 363 g/mol. The first-order valence-corrected chi connectivity index (χ1v) is 7.79. The second-order valence-electron chi connectivity index (χ2n) is 4.70. The van der Waals surface area contributed by atoms with Gasteiger partial charge in [-0.25, -0.2) is 4.98 Å². The maximum absolute atomic E-state index is 5.99. The van der Waals surface area contributed by atoms with Crippen molar-refractivity contribution in [3.63, 3.8) is 0 Å². The van der Waals surface area contributed by atoms with Gasteiger partial charge in [0.05, 0.1) is 0 Å². The number of aryl methyl sites for hydroxylation is 2. The molecule has 0 unspecified atom stereocenters. The molecular formula is C16H19IN2O. The van der Waals surface area contributed by atoms with Crippen LogP contribution in [0.2, 0.25) is 0 Å². The van der Waals surface area contributed by atoms with Crippen LogP contribution in [0.4, 0.5) is 0 Å². The topological polar surface area (TPSA) is 34.2 Å². The molecule has 1 aromatic carbocycles. The molecule has 2 aromatic rings. The van der Waals surface area contributed by atoms with Gasteiger partial charge in [0.1, 0.15) is 5.75 Å². The fraction of sp³-hybridized carbons (Fsp3) is 0.312. The zero-order chi connectivity index (χ0) is 14.5. The average molecular weight is 382 g/mol. The summed E-state index contributed by atoms with van der Waals surface area (Å²) in [6.45, 7) is 7.89. The van der Waals surface area contributed by atoms with Crippen molar-refractivity contribution in [1.29, 1.82) is 0 Å². The lowest BCUT2D eigenvalue weighted by Gasteiger charge is -2.14. The Balaban J connectivity index is 2.33. The molecule has 3 nitrogen and oxygen atoms in total. The molecule has 0 spiro atoms. The highest BCUT2D eigenvalue weighted by Crippen LogP contribution is 2.27. The van der Waals surface area contributed by atoms with Gasteiger partial charge in [-0.1, -0.05) is 13.0 Å². The number of nitrogens with one attached hydrogen (secondary N) is 1. The molecule has 1 aromatic heterocycles. The van der Waals surface area contributed by atoms with E-state index in [4.69, 9.17) is 4.74 Å². The molecule has 0 bridgehead atoms. The molecule has 0 saturated heterocycles. The Labute approximate surface area is 133 Å². The molecule has 0 radical (unpaired) electrons. The summed E-state index contributed by atoms with van der Waals surface area (Å²) in [5, 5.41) is 3.34. The first-order valence-electron chi connectivity index (χ1n) is 6.71. The highest BCUT2D eigenvalue weighted by Gasteiger charge is 2.11. The number of aromatic nitrogens is 1. The van der Waals surface area contributed by atoms with Crippen molar-refractivity contribution >= 4 is 22.6 Å². The van der Waals surface area contributed by atoms with Crippen molar-refractivity contribution in [3.8, 4) is 11.6 Å². The minimum absolute atomic E-state index is 0.699. The van der Waals surface area contributed by atoms with Crippen LogP contribution in [0, 0.1) is 17.4 Å². The lowest BCUT2D eigenvalue weighted by molar-refractivity contribution is 0.451. The van der Waals surface area contributed by atoms with Crippen LogP contribution in [0.1, 0.15) is 23.7 Å². The van der Waals surface area contributed by atoms with E-state index in [2.05, 4.69) is 52.8 Å². The third kappa shape index (κ3) is 3.93. The Morgan fingerprint density at radius 1 is 1.25 bits per heavy atom. The van der Waals surface area contributed by atoms with E-state index in [0.717, 1.165) is 33.7 Å². The number of hydrogen-bond acceptors (Lipinski definition) is 3. The zero-order valence-electron chi connectivity index (χ0n) is 12.0. The smallest absolute Gasteiger partial charge is 0.224 e. The van der Waals surface area contributed by atoms with Crippen LogP contribution in [-0.2, 0) is 6.54 Å². The van der Waals surface area contributed by atoms with Crippen molar-refractivity contribution in [1.82, 2.24) is 10.3 Å². The monoisotopic (exact) mass is 382 g/mol. The standard InChI is InChI=1S/C16H19IN2O/c1-4-18-10-15-11(2)8-12(3)19-16(15)20-14-7-5-6-13(17)9-14/h5-9,18H,4,10H2,1-3H3. The van der Waals surface area contributed by atoms with Gasteiger partial charge in [0.15, 0.2) is 0 Å². The molecule has 4 heteroatoms. The summed E-state index contributed by atoms with van der Waals surface area (Å²) in [7, 11) is 0. The molecule has 106 valence electrons. The summed E-state index contributed by atoms with van der Waals surface area (Å²) in [6.07, 6.45) is 0. The molecule has 0 aliphatic carbocycles. The summed E-state index contributed by atoms with van der Waals surface area (Å²) in [6, 6.07) is 10.1. The van der Waals surface area contributed by atoms with E-state index in [1.54, 1.807) is 0 Å². The van der Waals surface area contributed by atoms with E-state index >= 15 is 0 Å². The number of hydrogen-bond donors (Lipinski definition) is 1. The van der Waals surface area contributed by atoms with E-state index in [1.165, 1.54) is 5.56 Å². The zero-order valence-corrected chi connectivity index (χ0v) is 14.2. The second-order valence-corrected chi connectivity index (χ2v) is 5.95. The maximum Gasteiger partial charge on any atom is 0.224 e. The molecule has 20 heavy (non-hydrogen) atoms. The Morgan fingerprint density at radius 2 is 2.05 bits per heavy atom. The summed E-state index contributed by atoms with van der Waals surface area (Å²) in [5.74, 6) is 1.53. The van der Waals surface area contributed by atoms with Gasteiger partial charge in [-0.15, -0.1) is 0 Å². The summed E-state index contributed by atoms with van der Waals surface area (Å²) >= 11 is 2.28. The molecule has 0 fully saturated rings. The Hall–Kier alpha value is -1.14. The summed E-state index contributed by atoms with van der Waals surface area (Å²) in [4.78, 5) is 4.55. The van der Waals surface area contributed by atoms with Crippen LogP contribution in [-0.4, -0.2) is 11.5 Å². The van der Waals surface area contributed by atoms with Gasteiger partial charge >= 0.3 is 0 Å². The van der Waals surface area contributed by atoms with Crippen molar-refractivity contribution in [3.05, 3.63) is 50.7 Å². The fourth-order valence-corrected chi connectivity index (χ4v) is 2.54. The Kier molecular flexibility index (Phi) is 5.37. The summed E-state index contributed by atoms with van der Waals surface area (Å²) in [5.41, 5.74) is 3.30. The molecule has 2 rings (SSSR count). The van der Waals surface area contributed by atoms with Crippen LogP contribution >= 0.6 is 22.6 Å². The highest BCUT2D eigenvalue weighted by molar-refractivity contribution is 14.1. The third-order valence-corrected chi connectivity index (χ3v) is 3.67. The van der Waals surface area contributed by atoms with Crippen LogP contribution < -0.4 is 10.1 Å². The van der Waals surface area contributed by atoms with Gasteiger partial charge in [-0.2, -0.15) is 0 Å². The summed E-state index contributed by atoms with van der Waals surface area (Å²) < 4.78 is 7.14. The van der Waals surface area contributed by atoms with Gasteiger partial charge in [-0.05, 0) is 72.8 Å². The van der Waals surface area contributed by atoms with E-state index in [0.29, 0.717) is 5.88 Å². The van der Waals surface area contributed by atoms with E-state index in [1.807, 2.05) is 31.2 Å². The lowest BCUT2D eigenvalue weighted by atomic mass is 10.1. The van der Waals surface area contributed by atoms with Gasteiger partial charge < -0.3 is 10.1 Å². The average Bonchev–Trinajstić information content (AvgIpc) is 2.37. The molecule has 1 N–H and O–H groups in total. The van der Waals surface area contributed by atoms with Gasteiger partial charge in [0.2, 0.25) is 5.88 Å². The fourth-order valence-electron chi connectivity index (χ4n) is 2.02. The number of rotatable bonds is 5. The van der Waals surface area contributed by atoms with Gasteiger partial charge in [0, 0.05) is 21.4 Å². The predicted octanol–water partition coefficient (Wildman–Crippen LogP) is 4.20. The Morgan fingerprint density at radius 3 is 2.75 bits per heavy atom. The molecule has 1 heterocycles. The first kappa shape index (κ1) is 15.3. The number of ether oxygens (including phenoxy) is 1. The van der Waals surface area contributed by atoms with Crippen LogP contribution in [0.15, 0.2) is 30.3 Å². The van der Waals surface area contributed by atoms with Crippen molar-refractivity contribution in [2.75, 3.05) is 6.54 Å². The largest absolute Gasteiger partial charge is 0.439 e. The van der Waals surface area contributed by atoms with Crippen molar-refractivity contribution in [2.45, 2.75) is 27.3 Å². The number of benzene rings is 1. The van der Waals surface area contributed by atoms with E-state index in [-0.39, 0.29) is 0 Å². The number of halogens is 1. The molecule has 0 atom stereocenters. The quantitative estimate of drug-likeness (QED) is 0.787. The first-order chi connectivity index (χ1) is 9.60. The van der Waals surface area contributed by atoms with Crippen LogP contribution in [0.3, 0.4) is 0 Å². The highest BCUT2D eigenvalue weighted by atomic mass is 127. The van der Waals surface area contributed by atoms with Gasteiger partial charge in [-0.3, -0.25) is 0 Å². The predicted molar refractivity (Wildman–Crippen MR) is 90.3 cm³/mol. The second kappa shape index (κ2) is 7.04. The minimum Gasteiger partial charge on any atom is -0.439 e. The van der Waals surface area contributed by atoms with Crippen LogP contribution in [0.5, 0.6) is 11.6 Å². The molecule has 0 saturated carbocycles. The van der Waals surface area contributed by atoms with E-state index < -0.39 is 0 Å². The van der Waals surface area contributed by atoms with Crippen molar-refractivity contribution < 1.29 is 4.74 Å². The SMILES string of the molecule is CCNCc1c(C)cc(C)nc1Oc1cccc(I)c1.